The molecule has 0 aromatic heterocycles. The van der Waals surface area contributed by atoms with Crippen LogP contribution in [-0.2, 0) is 0 Å². The highest BCUT2D eigenvalue weighted by atomic mass is 19.2. The van der Waals surface area contributed by atoms with Crippen LogP contribution in [0.4, 0.5) is 25.8 Å². The Labute approximate surface area is 116 Å². The van der Waals surface area contributed by atoms with Gasteiger partial charge in [-0.1, -0.05) is 6.07 Å². The van der Waals surface area contributed by atoms with E-state index >= 15 is 0 Å². The standard InChI is InChI=1S/C13H8F2N2O4/c14-8-2-1-3-9(12(8)15)16-10-6-7(13(18)19)4-5-11(10)17(20)21/h1-6,16H,(H,18,19). The second kappa shape index (κ2) is 5.53. The van der Waals surface area contributed by atoms with Crippen molar-refractivity contribution in [3.05, 3.63) is 63.7 Å². The van der Waals surface area contributed by atoms with Gasteiger partial charge >= 0.3 is 5.97 Å². The number of carboxylic acids is 1. The summed E-state index contributed by atoms with van der Waals surface area (Å²) in [6.45, 7) is 0. The number of hydrogen-bond donors (Lipinski definition) is 2. The Morgan fingerprint density at radius 1 is 1.19 bits per heavy atom. The van der Waals surface area contributed by atoms with E-state index in [1.54, 1.807) is 0 Å². The summed E-state index contributed by atoms with van der Waals surface area (Å²) < 4.78 is 26.7. The van der Waals surface area contributed by atoms with E-state index in [4.69, 9.17) is 5.11 Å². The Hall–Kier alpha value is -3.03. The van der Waals surface area contributed by atoms with Gasteiger partial charge in [0.15, 0.2) is 11.6 Å². The van der Waals surface area contributed by atoms with Gasteiger partial charge in [-0.25, -0.2) is 13.6 Å². The minimum atomic E-state index is -1.30. The van der Waals surface area contributed by atoms with E-state index in [0.717, 1.165) is 24.3 Å². The summed E-state index contributed by atoms with van der Waals surface area (Å²) in [5.41, 5.74) is -1.26. The molecule has 0 atom stereocenters. The second-order valence-corrected chi connectivity index (χ2v) is 4.02. The molecule has 0 fully saturated rings. The molecule has 8 heteroatoms. The summed E-state index contributed by atoms with van der Waals surface area (Å²) in [6.07, 6.45) is 0. The first-order chi connectivity index (χ1) is 9.90. The predicted octanol–water partition coefficient (Wildman–Crippen LogP) is 3.31. The van der Waals surface area contributed by atoms with Crippen LogP contribution < -0.4 is 5.32 Å². The number of nitro benzene ring substituents is 1. The van der Waals surface area contributed by atoms with Gasteiger partial charge in [0.2, 0.25) is 0 Å². The number of carbonyl (C=O) groups is 1. The van der Waals surface area contributed by atoms with E-state index in [9.17, 15) is 23.7 Å². The van der Waals surface area contributed by atoms with Gasteiger partial charge in [-0.2, -0.15) is 0 Å². The molecular formula is C13H8F2N2O4. The van der Waals surface area contributed by atoms with E-state index in [2.05, 4.69) is 5.32 Å². The summed E-state index contributed by atoms with van der Waals surface area (Å²) in [7, 11) is 0. The number of rotatable bonds is 4. The van der Waals surface area contributed by atoms with Crippen LogP contribution in [0.3, 0.4) is 0 Å². The Morgan fingerprint density at radius 3 is 2.52 bits per heavy atom. The molecule has 0 spiro atoms. The summed E-state index contributed by atoms with van der Waals surface area (Å²) in [4.78, 5) is 21.0. The minimum absolute atomic E-state index is 0.222. The van der Waals surface area contributed by atoms with Crippen molar-refractivity contribution in [3.63, 3.8) is 0 Å². The maximum atomic E-state index is 13.6. The van der Waals surface area contributed by atoms with Crippen LogP contribution in [-0.4, -0.2) is 16.0 Å². The molecule has 0 aliphatic heterocycles. The molecule has 2 rings (SSSR count). The molecule has 0 aliphatic carbocycles. The van der Waals surface area contributed by atoms with Crippen molar-refractivity contribution >= 4 is 23.0 Å². The molecule has 108 valence electrons. The number of nitrogens with one attached hydrogen (secondary N) is 1. The van der Waals surface area contributed by atoms with E-state index in [0.29, 0.717) is 0 Å². The lowest BCUT2D eigenvalue weighted by Gasteiger charge is -2.09. The average Bonchev–Trinajstić information content (AvgIpc) is 2.43. The summed E-state index contributed by atoms with van der Waals surface area (Å²) in [5.74, 6) is -3.64. The first-order valence-corrected chi connectivity index (χ1v) is 5.63. The van der Waals surface area contributed by atoms with Crippen LogP contribution in [0.25, 0.3) is 0 Å². The number of benzene rings is 2. The van der Waals surface area contributed by atoms with Gasteiger partial charge in [-0.3, -0.25) is 10.1 Å². The predicted molar refractivity (Wildman–Crippen MR) is 69.7 cm³/mol. The third kappa shape index (κ3) is 2.94. The number of anilines is 2. The maximum absolute atomic E-state index is 13.6. The zero-order chi connectivity index (χ0) is 15.6. The molecule has 2 aromatic rings. The Balaban J connectivity index is 2.51. The van der Waals surface area contributed by atoms with Crippen LogP contribution in [0.15, 0.2) is 36.4 Å². The van der Waals surface area contributed by atoms with E-state index in [1.165, 1.54) is 12.1 Å². The topological polar surface area (TPSA) is 92.5 Å². The van der Waals surface area contributed by atoms with Crippen LogP contribution in [0, 0.1) is 21.7 Å². The molecule has 21 heavy (non-hydrogen) atoms. The fourth-order valence-corrected chi connectivity index (χ4v) is 1.67. The second-order valence-electron chi connectivity index (χ2n) is 4.02. The van der Waals surface area contributed by atoms with Gasteiger partial charge in [0.05, 0.1) is 16.2 Å². The highest BCUT2D eigenvalue weighted by Crippen LogP contribution is 2.30. The van der Waals surface area contributed by atoms with Crippen molar-refractivity contribution in [1.29, 1.82) is 0 Å². The Kier molecular flexibility index (Phi) is 3.79. The first kappa shape index (κ1) is 14.4. The van der Waals surface area contributed by atoms with Gasteiger partial charge in [-0.15, -0.1) is 0 Å². The average molecular weight is 294 g/mol. The molecular weight excluding hydrogens is 286 g/mol. The highest BCUT2D eigenvalue weighted by molar-refractivity contribution is 5.90. The molecule has 2 aromatic carbocycles. The van der Waals surface area contributed by atoms with Gasteiger partial charge in [-0.05, 0) is 24.3 Å². The fraction of sp³-hybridized carbons (Fsp3) is 0. The molecule has 0 saturated carbocycles. The molecule has 0 amide bonds. The third-order valence-electron chi connectivity index (χ3n) is 2.66. The van der Waals surface area contributed by atoms with Crippen molar-refractivity contribution in [2.24, 2.45) is 0 Å². The van der Waals surface area contributed by atoms with Gasteiger partial charge in [0.25, 0.3) is 5.69 Å². The summed E-state index contributed by atoms with van der Waals surface area (Å²) in [6, 6.07) is 6.28. The number of nitro groups is 1. The monoisotopic (exact) mass is 294 g/mol. The lowest BCUT2D eigenvalue weighted by atomic mass is 10.1. The van der Waals surface area contributed by atoms with Gasteiger partial charge in [0, 0.05) is 6.07 Å². The van der Waals surface area contributed by atoms with E-state index < -0.39 is 28.2 Å². The SMILES string of the molecule is O=C(O)c1ccc([N+](=O)[O-])c(Nc2cccc(F)c2F)c1. The van der Waals surface area contributed by atoms with E-state index in [1.807, 2.05) is 0 Å². The largest absolute Gasteiger partial charge is 0.478 e. The summed E-state index contributed by atoms with van der Waals surface area (Å²) >= 11 is 0. The Bertz CT molecular complexity index is 734. The van der Waals surface area contributed by atoms with Crippen molar-refractivity contribution in [2.75, 3.05) is 5.32 Å². The zero-order valence-corrected chi connectivity index (χ0v) is 10.3. The lowest BCUT2D eigenvalue weighted by molar-refractivity contribution is -0.383. The molecule has 6 nitrogen and oxygen atoms in total. The molecule has 0 radical (unpaired) electrons. The minimum Gasteiger partial charge on any atom is -0.478 e. The molecule has 0 bridgehead atoms. The number of nitrogens with zero attached hydrogens (tertiary/aromatic N) is 1. The lowest BCUT2D eigenvalue weighted by Crippen LogP contribution is -2.03. The highest BCUT2D eigenvalue weighted by Gasteiger charge is 2.18. The molecule has 0 saturated heterocycles. The molecule has 0 aliphatic rings. The number of carboxylic acid groups (broad SMARTS) is 1. The van der Waals surface area contributed by atoms with Crippen molar-refractivity contribution < 1.29 is 23.6 Å². The normalized spacial score (nSPS) is 10.2. The van der Waals surface area contributed by atoms with Crippen molar-refractivity contribution in [2.45, 2.75) is 0 Å². The molecule has 2 N–H and O–H groups in total. The molecule has 0 unspecified atom stereocenters. The number of aromatic carboxylic acids is 1. The fourth-order valence-electron chi connectivity index (χ4n) is 1.67. The van der Waals surface area contributed by atoms with Gasteiger partial charge in [0.1, 0.15) is 5.69 Å². The first-order valence-electron chi connectivity index (χ1n) is 5.63. The van der Waals surface area contributed by atoms with Crippen LogP contribution >= 0.6 is 0 Å². The number of hydrogen-bond acceptors (Lipinski definition) is 4. The van der Waals surface area contributed by atoms with Crippen molar-refractivity contribution in [1.82, 2.24) is 0 Å². The van der Waals surface area contributed by atoms with Crippen molar-refractivity contribution in [3.8, 4) is 0 Å². The van der Waals surface area contributed by atoms with Gasteiger partial charge < -0.3 is 10.4 Å². The maximum Gasteiger partial charge on any atom is 0.335 e. The van der Waals surface area contributed by atoms with E-state index in [-0.39, 0.29) is 16.9 Å². The number of halogens is 2. The summed E-state index contributed by atoms with van der Waals surface area (Å²) in [5, 5.41) is 22.1. The zero-order valence-electron chi connectivity index (χ0n) is 10.3. The third-order valence-corrected chi connectivity index (χ3v) is 2.66. The molecule has 0 heterocycles. The van der Waals surface area contributed by atoms with Crippen LogP contribution in [0.1, 0.15) is 10.4 Å². The Morgan fingerprint density at radius 2 is 1.90 bits per heavy atom. The quantitative estimate of drug-likeness (QED) is 0.666. The van der Waals surface area contributed by atoms with Crippen LogP contribution in [0.2, 0.25) is 0 Å². The smallest absolute Gasteiger partial charge is 0.335 e. The van der Waals surface area contributed by atoms with Crippen LogP contribution in [0.5, 0.6) is 0 Å².